The van der Waals surface area contributed by atoms with E-state index in [0.29, 0.717) is 5.57 Å². The number of rotatable bonds is 6. The number of ether oxygens (including phenoxy) is 4. The van der Waals surface area contributed by atoms with Gasteiger partial charge in [0, 0.05) is 5.57 Å². The molecule has 0 aromatic carbocycles. The van der Waals surface area contributed by atoms with Gasteiger partial charge in [-0.1, -0.05) is 19.4 Å². The monoisotopic (exact) mass is 492 g/mol. The number of carbonyl (C=O) groups is 1. The zero-order valence-corrected chi connectivity index (χ0v) is 19.5. The van der Waals surface area contributed by atoms with Gasteiger partial charge in [0.2, 0.25) is 6.29 Å². The molecule has 2 saturated heterocycles. The molecule has 7 N–H and O–H groups in total. The summed E-state index contributed by atoms with van der Waals surface area (Å²) in [5, 5.41) is 70.0. The summed E-state index contributed by atoms with van der Waals surface area (Å²) in [6.45, 7) is 4.52. The Balaban J connectivity index is 1.67. The molecule has 2 aliphatic heterocycles. The number of aliphatic hydroxyl groups excluding tert-OH is 7. The summed E-state index contributed by atoms with van der Waals surface area (Å²) in [6.07, 6.45) is -13.2. The first-order chi connectivity index (χ1) is 15.9. The molecule has 12 heteroatoms. The second kappa shape index (κ2) is 10.8. The van der Waals surface area contributed by atoms with Crippen LogP contribution >= 0.6 is 0 Å². The van der Waals surface area contributed by atoms with Gasteiger partial charge in [-0.05, 0) is 31.6 Å². The first-order valence-electron chi connectivity index (χ1n) is 11.4. The lowest BCUT2D eigenvalue weighted by Crippen LogP contribution is -2.62. The summed E-state index contributed by atoms with van der Waals surface area (Å²) in [5.74, 6) is -0.691. The largest absolute Gasteiger partial charge is 0.429 e. The summed E-state index contributed by atoms with van der Waals surface area (Å²) >= 11 is 0. The van der Waals surface area contributed by atoms with E-state index in [4.69, 9.17) is 18.9 Å². The van der Waals surface area contributed by atoms with Crippen molar-refractivity contribution < 1.29 is 59.5 Å². The van der Waals surface area contributed by atoms with Crippen molar-refractivity contribution in [2.75, 3.05) is 13.2 Å². The van der Waals surface area contributed by atoms with Crippen LogP contribution in [-0.4, -0.2) is 116 Å². The maximum absolute atomic E-state index is 12.9. The molecule has 0 saturated carbocycles. The summed E-state index contributed by atoms with van der Waals surface area (Å²) in [6, 6.07) is 0. The molecule has 0 unspecified atom stereocenters. The maximum Gasteiger partial charge on any atom is 0.336 e. The van der Waals surface area contributed by atoms with Gasteiger partial charge in [0.05, 0.1) is 13.2 Å². The lowest BCUT2D eigenvalue weighted by atomic mass is 9.73. The summed E-state index contributed by atoms with van der Waals surface area (Å²) in [4.78, 5) is 12.9. The molecule has 2 fully saturated rings. The van der Waals surface area contributed by atoms with Crippen molar-refractivity contribution in [2.24, 2.45) is 5.41 Å². The number of aliphatic hydroxyl groups is 7. The highest BCUT2D eigenvalue weighted by Gasteiger charge is 2.48. The molecule has 3 rings (SSSR count). The van der Waals surface area contributed by atoms with Gasteiger partial charge in [0.15, 0.2) is 6.29 Å². The SMILES string of the molecule is CC1=C(C(=O)O[C@H]2O[C@@H](CO[C@@H]3O[C@H](CO)[C@H](O)[C@@H](O)[C@@H]3O)[C@H](O)[C@@H](O)[C@@H]2O)C(C)(C)CCC1. The number of esters is 1. The number of hydrogen-bond donors (Lipinski definition) is 7. The van der Waals surface area contributed by atoms with Gasteiger partial charge >= 0.3 is 5.97 Å². The molecule has 0 radical (unpaired) electrons. The fourth-order valence-corrected chi connectivity index (χ4v) is 4.78. The van der Waals surface area contributed by atoms with Gasteiger partial charge in [0.25, 0.3) is 0 Å². The molecular formula is C22H36O12. The minimum Gasteiger partial charge on any atom is -0.429 e. The van der Waals surface area contributed by atoms with Gasteiger partial charge < -0.3 is 54.7 Å². The average molecular weight is 493 g/mol. The number of carbonyl (C=O) groups excluding carboxylic acids is 1. The lowest BCUT2D eigenvalue weighted by Gasteiger charge is -2.42. The van der Waals surface area contributed by atoms with E-state index in [9.17, 15) is 40.5 Å². The van der Waals surface area contributed by atoms with Crippen LogP contribution in [0.5, 0.6) is 0 Å². The molecule has 10 atom stereocenters. The first kappa shape index (κ1) is 27.4. The molecular weight excluding hydrogens is 456 g/mol. The predicted octanol–water partition coefficient (Wildman–Crippen LogP) is -2.32. The molecule has 2 heterocycles. The van der Waals surface area contributed by atoms with Crippen LogP contribution in [0.1, 0.15) is 40.0 Å². The highest BCUT2D eigenvalue weighted by atomic mass is 16.7. The fourth-order valence-electron chi connectivity index (χ4n) is 4.78. The Morgan fingerprint density at radius 2 is 1.47 bits per heavy atom. The van der Waals surface area contributed by atoms with Crippen LogP contribution in [0.25, 0.3) is 0 Å². The molecule has 0 bridgehead atoms. The second-order valence-corrected chi connectivity index (χ2v) is 9.84. The van der Waals surface area contributed by atoms with E-state index in [-0.39, 0.29) is 0 Å². The Bertz CT molecular complexity index is 752. The number of hydrogen-bond acceptors (Lipinski definition) is 12. The number of allylic oxidation sites excluding steroid dienone is 1. The van der Waals surface area contributed by atoms with Crippen molar-refractivity contribution in [2.45, 2.75) is 101 Å². The van der Waals surface area contributed by atoms with E-state index in [1.165, 1.54) is 0 Å². The van der Waals surface area contributed by atoms with Crippen molar-refractivity contribution in [3.05, 3.63) is 11.1 Å². The zero-order chi connectivity index (χ0) is 25.4. The van der Waals surface area contributed by atoms with Gasteiger partial charge in [-0.2, -0.15) is 0 Å². The van der Waals surface area contributed by atoms with E-state index in [2.05, 4.69) is 0 Å². The molecule has 1 aliphatic carbocycles. The third-order valence-corrected chi connectivity index (χ3v) is 6.83. The van der Waals surface area contributed by atoms with E-state index in [1.807, 2.05) is 20.8 Å². The summed E-state index contributed by atoms with van der Waals surface area (Å²) < 4.78 is 21.5. The van der Waals surface area contributed by atoms with Crippen LogP contribution in [0.3, 0.4) is 0 Å². The van der Waals surface area contributed by atoms with Gasteiger partial charge in [0.1, 0.15) is 48.8 Å². The molecule has 196 valence electrons. The normalized spacial score (nSPS) is 43.0. The highest BCUT2D eigenvalue weighted by Crippen LogP contribution is 2.41. The Hall–Kier alpha value is -1.19. The molecule has 12 nitrogen and oxygen atoms in total. The van der Waals surface area contributed by atoms with E-state index in [1.54, 1.807) is 0 Å². The van der Waals surface area contributed by atoms with Crippen molar-refractivity contribution in [3.8, 4) is 0 Å². The molecule has 0 aromatic heterocycles. The topological polar surface area (TPSA) is 196 Å². The Morgan fingerprint density at radius 3 is 2.06 bits per heavy atom. The minimum atomic E-state index is -1.73. The zero-order valence-electron chi connectivity index (χ0n) is 19.5. The molecule has 0 amide bonds. The van der Waals surface area contributed by atoms with Crippen molar-refractivity contribution in [1.29, 1.82) is 0 Å². The predicted molar refractivity (Wildman–Crippen MR) is 113 cm³/mol. The van der Waals surface area contributed by atoms with Crippen LogP contribution in [0, 0.1) is 5.41 Å². The molecule has 3 aliphatic rings. The van der Waals surface area contributed by atoms with E-state index >= 15 is 0 Å². The quantitative estimate of drug-likeness (QED) is 0.196. The van der Waals surface area contributed by atoms with Crippen molar-refractivity contribution in [3.63, 3.8) is 0 Å². The molecule has 0 aromatic rings. The van der Waals surface area contributed by atoms with Crippen LogP contribution in [0.2, 0.25) is 0 Å². The van der Waals surface area contributed by atoms with Gasteiger partial charge in [-0.25, -0.2) is 4.79 Å². The lowest BCUT2D eigenvalue weighted by molar-refractivity contribution is -0.326. The summed E-state index contributed by atoms with van der Waals surface area (Å²) in [5.41, 5.74) is 0.905. The third kappa shape index (κ3) is 5.46. The van der Waals surface area contributed by atoms with Crippen LogP contribution in [0.15, 0.2) is 11.1 Å². The van der Waals surface area contributed by atoms with Crippen molar-refractivity contribution >= 4 is 5.97 Å². The molecule has 34 heavy (non-hydrogen) atoms. The Kier molecular flexibility index (Phi) is 8.72. The van der Waals surface area contributed by atoms with Crippen LogP contribution in [-0.2, 0) is 23.7 Å². The van der Waals surface area contributed by atoms with Gasteiger partial charge in [-0.3, -0.25) is 0 Å². The Morgan fingerprint density at radius 1 is 0.912 bits per heavy atom. The van der Waals surface area contributed by atoms with Crippen LogP contribution in [0.4, 0.5) is 0 Å². The maximum atomic E-state index is 12.9. The van der Waals surface area contributed by atoms with E-state index in [0.717, 1.165) is 24.8 Å². The second-order valence-electron chi connectivity index (χ2n) is 9.84. The Labute approximate surface area is 197 Å². The minimum absolute atomic E-state index is 0.442. The first-order valence-corrected chi connectivity index (χ1v) is 11.4. The fraction of sp³-hybridized carbons (Fsp3) is 0.864. The molecule has 0 spiro atoms. The van der Waals surface area contributed by atoms with Crippen molar-refractivity contribution in [1.82, 2.24) is 0 Å². The average Bonchev–Trinajstić information content (AvgIpc) is 2.77. The van der Waals surface area contributed by atoms with E-state index < -0.39 is 86.0 Å². The third-order valence-electron chi connectivity index (χ3n) is 6.83. The summed E-state index contributed by atoms with van der Waals surface area (Å²) in [7, 11) is 0. The highest BCUT2D eigenvalue weighted by molar-refractivity contribution is 5.91. The van der Waals surface area contributed by atoms with Crippen LogP contribution < -0.4 is 0 Å². The smallest absolute Gasteiger partial charge is 0.336 e. The standard InChI is InChI=1S/C22H36O12/c1-9-5-4-6-22(2,3)12(9)19(30)34-21-18(29)16(27)14(25)11(33-21)8-31-20-17(28)15(26)13(24)10(7-23)32-20/h10-11,13-18,20-21,23-29H,4-8H2,1-3H3/t10-,11+,13+,14+,15-,16-,17+,18+,20-,21-/m1/s1. The van der Waals surface area contributed by atoms with Gasteiger partial charge in [-0.15, -0.1) is 0 Å².